The van der Waals surface area contributed by atoms with Crippen LogP contribution in [0.3, 0.4) is 0 Å². The molecule has 0 aliphatic heterocycles. The van der Waals surface area contributed by atoms with E-state index in [1.165, 1.54) is 6.07 Å². The Kier molecular flexibility index (Phi) is 6.67. The van der Waals surface area contributed by atoms with E-state index in [4.69, 9.17) is 4.74 Å². The van der Waals surface area contributed by atoms with Crippen LogP contribution in [0.15, 0.2) is 67.1 Å². The molecule has 3 heterocycles. The monoisotopic (exact) mass is 469 g/mol. The highest BCUT2D eigenvalue weighted by molar-refractivity contribution is 5.96. The highest BCUT2D eigenvalue weighted by atomic mass is 19.4. The molecule has 4 aromatic rings. The summed E-state index contributed by atoms with van der Waals surface area (Å²) >= 11 is 0. The first kappa shape index (κ1) is 23.1. The number of carbonyl (C=O) groups is 1. The van der Waals surface area contributed by atoms with Crippen LogP contribution in [0, 0.1) is 6.92 Å². The van der Waals surface area contributed by atoms with Crippen LogP contribution in [-0.2, 0) is 12.8 Å². The number of nitrogens with zero attached hydrogens (tertiary/aromatic N) is 3. The average Bonchev–Trinajstić information content (AvgIpc) is 3.25. The number of aromatic nitrogens is 3. The standard InChI is InChI=1S/C24H22F3N5O2/c1-16-5-4-12-32-14-18(31-22(16)32)15-34-20-7-3-2-6-19(20)23(33)29-11-10-28-21-9-8-17(13-30-21)24(25,26)27/h2-9,12-14H,10-11,15H2,1H3,(H,28,30)(H,29,33). The van der Waals surface area contributed by atoms with Crippen molar-refractivity contribution < 1.29 is 22.7 Å². The molecule has 4 rings (SSSR count). The summed E-state index contributed by atoms with van der Waals surface area (Å²) < 4.78 is 45.6. The molecule has 0 saturated carbocycles. The number of aryl methyl sites for hydroxylation is 1. The Morgan fingerprint density at radius 2 is 1.91 bits per heavy atom. The van der Waals surface area contributed by atoms with Gasteiger partial charge in [0.1, 0.15) is 23.8 Å². The molecule has 1 amide bonds. The average molecular weight is 469 g/mol. The molecule has 7 nitrogen and oxygen atoms in total. The van der Waals surface area contributed by atoms with Gasteiger partial charge in [-0.2, -0.15) is 13.2 Å². The molecule has 0 aliphatic carbocycles. The molecular weight excluding hydrogens is 447 g/mol. The molecule has 0 unspecified atom stereocenters. The minimum absolute atomic E-state index is 0.201. The largest absolute Gasteiger partial charge is 0.486 e. The second kappa shape index (κ2) is 9.82. The van der Waals surface area contributed by atoms with Gasteiger partial charge in [0.2, 0.25) is 0 Å². The van der Waals surface area contributed by atoms with Gasteiger partial charge in [0.05, 0.1) is 16.8 Å². The smallest absolute Gasteiger partial charge is 0.417 e. The molecule has 0 fully saturated rings. The lowest BCUT2D eigenvalue weighted by Gasteiger charge is -2.12. The molecule has 1 aromatic carbocycles. The number of anilines is 1. The maximum absolute atomic E-state index is 12.6. The molecule has 10 heteroatoms. The number of ether oxygens (including phenoxy) is 1. The van der Waals surface area contributed by atoms with E-state index in [1.807, 2.05) is 35.9 Å². The Hall–Kier alpha value is -4.08. The lowest BCUT2D eigenvalue weighted by Crippen LogP contribution is -2.29. The van der Waals surface area contributed by atoms with Crippen molar-refractivity contribution in [3.05, 3.63) is 89.5 Å². The van der Waals surface area contributed by atoms with Gasteiger partial charge in [0.15, 0.2) is 0 Å². The highest BCUT2D eigenvalue weighted by Crippen LogP contribution is 2.28. The van der Waals surface area contributed by atoms with Crippen LogP contribution in [0.4, 0.5) is 19.0 Å². The molecule has 0 bridgehead atoms. The van der Waals surface area contributed by atoms with Gasteiger partial charge in [-0.1, -0.05) is 18.2 Å². The zero-order valence-electron chi connectivity index (χ0n) is 18.3. The fourth-order valence-corrected chi connectivity index (χ4v) is 3.33. The SMILES string of the molecule is Cc1cccn2cc(COc3ccccc3C(=O)NCCNc3ccc(C(F)(F)F)cn3)nc12. The van der Waals surface area contributed by atoms with E-state index in [2.05, 4.69) is 20.6 Å². The summed E-state index contributed by atoms with van der Waals surface area (Å²) in [6.45, 7) is 2.71. The number of fused-ring (bicyclic) bond motifs is 1. The van der Waals surface area contributed by atoms with E-state index in [0.29, 0.717) is 11.3 Å². The molecule has 0 spiro atoms. The van der Waals surface area contributed by atoms with Crippen LogP contribution in [0.5, 0.6) is 5.75 Å². The Morgan fingerprint density at radius 1 is 1.09 bits per heavy atom. The Labute approximate surface area is 193 Å². The number of alkyl halides is 3. The summed E-state index contributed by atoms with van der Waals surface area (Å²) in [5.41, 5.74) is 2.19. The van der Waals surface area contributed by atoms with Crippen molar-refractivity contribution in [3.63, 3.8) is 0 Å². The number of rotatable bonds is 8. The molecule has 3 aromatic heterocycles. The van der Waals surface area contributed by atoms with Gasteiger partial charge in [0.25, 0.3) is 5.91 Å². The van der Waals surface area contributed by atoms with Crippen molar-refractivity contribution in [2.24, 2.45) is 0 Å². The number of hydrogen-bond donors (Lipinski definition) is 2. The first-order valence-electron chi connectivity index (χ1n) is 10.5. The van der Waals surface area contributed by atoms with Gasteiger partial charge in [-0.25, -0.2) is 9.97 Å². The fraction of sp³-hybridized carbons (Fsp3) is 0.208. The maximum atomic E-state index is 12.6. The molecule has 0 saturated heterocycles. The van der Waals surface area contributed by atoms with Crippen LogP contribution in [0.1, 0.15) is 27.2 Å². The van der Waals surface area contributed by atoms with Crippen molar-refractivity contribution >= 4 is 17.4 Å². The molecule has 0 radical (unpaired) electrons. The zero-order chi connectivity index (χ0) is 24.1. The predicted octanol–water partition coefficient (Wildman–Crippen LogP) is 4.48. The predicted molar refractivity (Wildman–Crippen MR) is 121 cm³/mol. The Bertz CT molecular complexity index is 1290. The summed E-state index contributed by atoms with van der Waals surface area (Å²) in [5, 5.41) is 5.64. The number of para-hydroxylation sites is 1. The third-order valence-electron chi connectivity index (χ3n) is 5.04. The van der Waals surface area contributed by atoms with E-state index in [9.17, 15) is 18.0 Å². The molecular formula is C24H22F3N5O2. The summed E-state index contributed by atoms with van der Waals surface area (Å²) in [6.07, 6.45) is 0.123. The minimum Gasteiger partial charge on any atom is -0.486 e. The van der Waals surface area contributed by atoms with Gasteiger partial charge < -0.3 is 19.8 Å². The van der Waals surface area contributed by atoms with E-state index < -0.39 is 11.7 Å². The lowest BCUT2D eigenvalue weighted by molar-refractivity contribution is -0.137. The van der Waals surface area contributed by atoms with Crippen molar-refractivity contribution in [3.8, 4) is 5.75 Å². The van der Waals surface area contributed by atoms with Gasteiger partial charge in [-0.15, -0.1) is 0 Å². The summed E-state index contributed by atoms with van der Waals surface area (Å²) in [4.78, 5) is 21.0. The summed E-state index contributed by atoms with van der Waals surface area (Å²) in [5.74, 6) is 0.378. The van der Waals surface area contributed by atoms with Crippen LogP contribution < -0.4 is 15.4 Å². The number of halogens is 3. The molecule has 176 valence electrons. The first-order chi connectivity index (χ1) is 16.3. The van der Waals surface area contributed by atoms with Crippen molar-refractivity contribution in [2.75, 3.05) is 18.4 Å². The Morgan fingerprint density at radius 3 is 2.65 bits per heavy atom. The summed E-state index contributed by atoms with van der Waals surface area (Å²) in [7, 11) is 0. The van der Waals surface area contributed by atoms with Gasteiger partial charge in [0, 0.05) is 31.7 Å². The summed E-state index contributed by atoms with van der Waals surface area (Å²) in [6, 6.07) is 13.0. The van der Waals surface area contributed by atoms with E-state index in [0.717, 1.165) is 29.2 Å². The molecule has 2 N–H and O–H groups in total. The number of carbonyl (C=O) groups excluding carboxylic acids is 1. The second-order valence-corrected chi connectivity index (χ2v) is 7.55. The second-order valence-electron chi connectivity index (χ2n) is 7.55. The van der Waals surface area contributed by atoms with Crippen LogP contribution >= 0.6 is 0 Å². The van der Waals surface area contributed by atoms with Crippen molar-refractivity contribution in [1.29, 1.82) is 0 Å². The number of imidazole rings is 1. The third-order valence-corrected chi connectivity index (χ3v) is 5.04. The van der Waals surface area contributed by atoms with E-state index in [1.54, 1.807) is 24.3 Å². The topological polar surface area (TPSA) is 80.5 Å². The number of amides is 1. The lowest BCUT2D eigenvalue weighted by atomic mass is 10.2. The number of nitrogens with one attached hydrogen (secondary N) is 2. The normalized spacial score (nSPS) is 11.4. The third kappa shape index (κ3) is 5.45. The number of pyridine rings is 2. The number of benzene rings is 1. The highest BCUT2D eigenvalue weighted by Gasteiger charge is 2.30. The van der Waals surface area contributed by atoms with Crippen LogP contribution in [0.25, 0.3) is 5.65 Å². The molecule has 34 heavy (non-hydrogen) atoms. The zero-order valence-corrected chi connectivity index (χ0v) is 18.3. The van der Waals surface area contributed by atoms with Crippen LogP contribution in [-0.4, -0.2) is 33.4 Å². The van der Waals surface area contributed by atoms with Gasteiger partial charge in [-0.05, 0) is 42.8 Å². The van der Waals surface area contributed by atoms with Crippen molar-refractivity contribution in [1.82, 2.24) is 19.7 Å². The molecule has 0 atom stereocenters. The first-order valence-corrected chi connectivity index (χ1v) is 10.5. The number of hydrogen-bond acceptors (Lipinski definition) is 5. The van der Waals surface area contributed by atoms with Crippen molar-refractivity contribution in [2.45, 2.75) is 19.7 Å². The molecule has 0 aliphatic rings. The maximum Gasteiger partial charge on any atom is 0.417 e. The van der Waals surface area contributed by atoms with Crippen LogP contribution in [0.2, 0.25) is 0 Å². The van der Waals surface area contributed by atoms with Gasteiger partial charge >= 0.3 is 6.18 Å². The van der Waals surface area contributed by atoms with Gasteiger partial charge in [-0.3, -0.25) is 4.79 Å². The Balaban J connectivity index is 1.31. The minimum atomic E-state index is -4.43. The van der Waals surface area contributed by atoms with E-state index >= 15 is 0 Å². The quantitative estimate of drug-likeness (QED) is 0.372. The van der Waals surface area contributed by atoms with E-state index in [-0.39, 0.29) is 31.4 Å². The fourth-order valence-electron chi connectivity index (χ4n) is 3.33.